The Labute approximate surface area is 86.8 Å². The molecule has 1 rings (SSSR count). The molecule has 0 amide bonds. The van der Waals surface area contributed by atoms with Gasteiger partial charge in [-0.3, -0.25) is 4.79 Å². The maximum atomic E-state index is 10.6. The number of rotatable bonds is 3. The summed E-state index contributed by atoms with van der Waals surface area (Å²) < 4.78 is 0.485. The lowest BCUT2D eigenvalue weighted by Gasteiger charge is -2.22. The van der Waals surface area contributed by atoms with Gasteiger partial charge in [-0.1, -0.05) is 18.3 Å². The monoisotopic (exact) mass is 212 g/mol. The van der Waals surface area contributed by atoms with Gasteiger partial charge in [-0.25, -0.2) is 0 Å². The first-order chi connectivity index (χ1) is 6.43. The van der Waals surface area contributed by atoms with E-state index in [0.29, 0.717) is 10.2 Å². The van der Waals surface area contributed by atoms with Gasteiger partial charge in [0, 0.05) is 11.8 Å². The second-order valence-corrected chi connectivity index (χ2v) is 3.81. The van der Waals surface area contributed by atoms with Crippen molar-refractivity contribution in [3.8, 4) is 0 Å². The van der Waals surface area contributed by atoms with Crippen LogP contribution in [0.2, 0.25) is 0 Å². The number of carboxylic acids is 1. The topological polar surface area (TPSA) is 79.1 Å². The molecule has 0 unspecified atom stereocenters. The van der Waals surface area contributed by atoms with Crippen LogP contribution in [0.25, 0.3) is 0 Å². The molecule has 1 aromatic heterocycles. The first-order valence-electron chi connectivity index (χ1n) is 4.12. The minimum atomic E-state index is -0.937. The predicted octanol–water partition coefficient (Wildman–Crippen LogP) is 1.39. The molecule has 14 heavy (non-hydrogen) atoms. The molecule has 0 spiro atoms. The van der Waals surface area contributed by atoms with Gasteiger partial charge in [-0.05, 0) is 13.0 Å². The number of aliphatic carboxylic acids is 1. The molecule has 0 radical (unpaired) electrons. The zero-order chi connectivity index (χ0) is 10.8. The predicted molar refractivity (Wildman–Crippen MR) is 55.4 cm³/mol. The van der Waals surface area contributed by atoms with Gasteiger partial charge in [0.2, 0.25) is 0 Å². The summed E-state index contributed by atoms with van der Waals surface area (Å²) in [5.74, 6) is -0.937. The number of aromatic nitrogens is 1. The molecule has 5 heteroatoms. The third-order valence-corrected chi connectivity index (χ3v) is 2.29. The maximum absolute atomic E-state index is 10.6. The Morgan fingerprint density at radius 2 is 2.43 bits per heavy atom. The van der Waals surface area contributed by atoms with Gasteiger partial charge < -0.3 is 15.8 Å². The molecule has 0 aliphatic carbocycles. The molecule has 1 aromatic rings. The normalized spacial score (nSPS) is 14.7. The number of nitrogens with two attached hydrogens (primary N) is 1. The van der Waals surface area contributed by atoms with Gasteiger partial charge >= 0.3 is 5.97 Å². The average Bonchev–Trinajstić information content (AvgIpc) is 2.02. The van der Waals surface area contributed by atoms with Crippen molar-refractivity contribution in [2.45, 2.75) is 18.9 Å². The second-order valence-electron chi connectivity index (χ2n) is 3.40. The minimum absolute atomic E-state index is 0.144. The van der Waals surface area contributed by atoms with E-state index in [1.807, 2.05) is 0 Å². The van der Waals surface area contributed by atoms with Crippen molar-refractivity contribution in [2.75, 3.05) is 0 Å². The van der Waals surface area contributed by atoms with E-state index < -0.39 is 11.5 Å². The zero-order valence-corrected chi connectivity index (χ0v) is 8.60. The van der Waals surface area contributed by atoms with Crippen LogP contribution < -0.4 is 5.73 Å². The van der Waals surface area contributed by atoms with E-state index in [0.717, 1.165) is 0 Å². The Balaban J connectivity index is 3.09. The number of hydrogen-bond donors (Lipinski definition) is 3. The summed E-state index contributed by atoms with van der Waals surface area (Å²) >= 11 is 5.02. The largest absolute Gasteiger partial charge is 0.481 e. The van der Waals surface area contributed by atoms with Crippen LogP contribution in [0.5, 0.6) is 0 Å². The number of carboxylic acid groups (broad SMARTS) is 1. The number of hydrogen-bond acceptors (Lipinski definition) is 3. The highest BCUT2D eigenvalue weighted by Gasteiger charge is 2.25. The molecule has 0 aliphatic heterocycles. The summed E-state index contributed by atoms with van der Waals surface area (Å²) in [5.41, 5.74) is 5.59. The highest BCUT2D eigenvalue weighted by atomic mass is 32.1. The van der Waals surface area contributed by atoms with E-state index in [2.05, 4.69) is 4.98 Å². The highest BCUT2D eigenvalue weighted by Crippen LogP contribution is 2.21. The van der Waals surface area contributed by atoms with Gasteiger partial charge in [0.05, 0.1) is 12.0 Å². The standard InChI is InChI=1S/C9H12N2O2S/c1-9(10,5-7(12)13)6-3-2-4-11-8(6)14/h2-4H,5,10H2,1H3,(H,11,14)(H,12,13)/t9-/m1/s1. The van der Waals surface area contributed by atoms with Crippen molar-refractivity contribution in [3.63, 3.8) is 0 Å². The van der Waals surface area contributed by atoms with E-state index in [-0.39, 0.29) is 6.42 Å². The van der Waals surface area contributed by atoms with E-state index in [1.165, 1.54) is 0 Å². The summed E-state index contributed by atoms with van der Waals surface area (Å²) in [7, 11) is 0. The fourth-order valence-electron chi connectivity index (χ4n) is 1.28. The maximum Gasteiger partial charge on any atom is 0.305 e. The van der Waals surface area contributed by atoms with E-state index in [1.54, 1.807) is 25.3 Å². The summed E-state index contributed by atoms with van der Waals surface area (Å²) in [6.45, 7) is 1.65. The van der Waals surface area contributed by atoms with Crippen molar-refractivity contribution >= 4 is 18.2 Å². The average molecular weight is 212 g/mol. The van der Waals surface area contributed by atoms with Crippen LogP contribution in [0, 0.1) is 4.64 Å². The molecule has 0 saturated heterocycles. The Morgan fingerprint density at radius 1 is 1.79 bits per heavy atom. The third kappa shape index (κ3) is 2.40. The number of carbonyl (C=O) groups is 1. The summed E-state index contributed by atoms with van der Waals surface area (Å²) in [6.07, 6.45) is 1.54. The van der Waals surface area contributed by atoms with Crippen molar-refractivity contribution in [3.05, 3.63) is 28.5 Å². The molecule has 0 bridgehead atoms. The molecule has 0 aliphatic rings. The first-order valence-corrected chi connectivity index (χ1v) is 4.53. The van der Waals surface area contributed by atoms with Gasteiger partial charge in [0.15, 0.2) is 0 Å². The molecule has 0 aromatic carbocycles. The molecule has 76 valence electrons. The third-order valence-electron chi connectivity index (χ3n) is 1.95. The van der Waals surface area contributed by atoms with Crippen LogP contribution in [0.15, 0.2) is 18.3 Å². The van der Waals surface area contributed by atoms with Crippen LogP contribution >= 0.6 is 12.2 Å². The number of aromatic amines is 1. The number of pyridine rings is 1. The smallest absolute Gasteiger partial charge is 0.305 e. The highest BCUT2D eigenvalue weighted by molar-refractivity contribution is 7.71. The van der Waals surface area contributed by atoms with Gasteiger partial charge in [-0.2, -0.15) is 0 Å². The van der Waals surface area contributed by atoms with Gasteiger partial charge in [0.25, 0.3) is 0 Å². The van der Waals surface area contributed by atoms with E-state index in [9.17, 15) is 4.79 Å². The molecule has 4 N–H and O–H groups in total. The van der Waals surface area contributed by atoms with E-state index in [4.69, 9.17) is 23.1 Å². The molecule has 4 nitrogen and oxygen atoms in total. The van der Waals surface area contributed by atoms with Crippen molar-refractivity contribution in [1.29, 1.82) is 0 Å². The van der Waals surface area contributed by atoms with Crippen LogP contribution in [0.4, 0.5) is 0 Å². The van der Waals surface area contributed by atoms with Gasteiger partial charge in [-0.15, -0.1) is 0 Å². The van der Waals surface area contributed by atoms with Gasteiger partial charge in [0.1, 0.15) is 4.64 Å². The number of nitrogens with one attached hydrogen (secondary N) is 1. The van der Waals surface area contributed by atoms with Crippen molar-refractivity contribution in [1.82, 2.24) is 4.98 Å². The van der Waals surface area contributed by atoms with Crippen LogP contribution in [0.3, 0.4) is 0 Å². The molecule has 1 heterocycles. The lowest BCUT2D eigenvalue weighted by atomic mass is 9.91. The molecule has 0 saturated carbocycles. The fraction of sp³-hybridized carbons (Fsp3) is 0.333. The molecular formula is C9H12N2O2S. The Hall–Kier alpha value is -1.20. The summed E-state index contributed by atoms with van der Waals surface area (Å²) in [6, 6.07) is 3.49. The minimum Gasteiger partial charge on any atom is -0.481 e. The lowest BCUT2D eigenvalue weighted by Crippen LogP contribution is -2.36. The number of H-pyrrole nitrogens is 1. The summed E-state index contributed by atoms with van der Waals surface area (Å²) in [5, 5.41) is 8.68. The molecule has 1 atom stereocenters. The Morgan fingerprint density at radius 3 is 2.93 bits per heavy atom. The van der Waals surface area contributed by atoms with Crippen LogP contribution in [-0.2, 0) is 10.3 Å². The Kier molecular flexibility index (Phi) is 3.03. The van der Waals surface area contributed by atoms with Crippen molar-refractivity contribution < 1.29 is 9.90 Å². The Bertz CT molecular complexity index is 398. The SMILES string of the molecule is C[C@@](N)(CC(=O)O)c1ccc[nH]c1=S. The zero-order valence-electron chi connectivity index (χ0n) is 7.78. The van der Waals surface area contributed by atoms with Crippen LogP contribution in [0.1, 0.15) is 18.9 Å². The quantitative estimate of drug-likeness (QED) is 0.661. The van der Waals surface area contributed by atoms with E-state index >= 15 is 0 Å². The fourth-order valence-corrected chi connectivity index (χ4v) is 1.65. The molecular weight excluding hydrogens is 200 g/mol. The first kappa shape index (κ1) is 10.9. The summed E-state index contributed by atoms with van der Waals surface area (Å²) in [4.78, 5) is 13.4. The lowest BCUT2D eigenvalue weighted by molar-refractivity contribution is -0.138. The van der Waals surface area contributed by atoms with Crippen molar-refractivity contribution in [2.24, 2.45) is 5.73 Å². The second kappa shape index (κ2) is 3.89. The molecule has 0 fully saturated rings. The van der Waals surface area contributed by atoms with Crippen LogP contribution in [-0.4, -0.2) is 16.1 Å².